The number of halogens is 1. The lowest BCUT2D eigenvalue weighted by Gasteiger charge is -2.10. The molecule has 6 heteroatoms. The van der Waals surface area contributed by atoms with Crippen LogP contribution in [0.4, 0.5) is 15.8 Å². The number of rotatable bonds is 6. The molecule has 0 bridgehead atoms. The Kier molecular flexibility index (Phi) is 5.89. The van der Waals surface area contributed by atoms with Crippen LogP contribution in [0.2, 0.25) is 0 Å². The summed E-state index contributed by atoms with van der Waals surface area (Å²) < 4.78 is 18.1. The molecule has 0 unspecified atom stereocenters. The quantitative estimate of drug-likeness (QED) is 0.852. The van der Waals surface area contributed by atoms with E-state index in [9.17, 15) is 14.0 Å². The van der Waals surface area contributed by atoms with Crippen molar-refractivity contribution in [3.05, 3.63) is 53.8 Å². The van der Waals surface area contributed by atoms with Crippen molar-refractivity contribution >= 4 is 23.2 Å². The number of carbonyl (C=O) groups excluding carboxylic acids is 2. The maximum absolute atomic E-state index is 12.8. The third-order valence-electron chi connectivity index (χ3n) is 3.23. The van der Waals surface area contributed by atoms with Gasteiger partial charge in [0.15, 0.2) is 0 Å². The molecule has 2 amide bonds. The van der Waals surface area contributed by atoms with Gasteiger partial charge >= 0.3 is 0 Å². The first-order valence-electron chi connectivity index (χ1n) is 7.50. The molecule has 2 aromatic rings. The summed E-state index contributed by atoms with van der Waals surface area (Å²) >= 11 is 0. The van der Waals surface area contributed by atoms with Crippen molar-refractivity contribution in [1.82, 2.24) is 0 Å². The highest BCUT2D eigenvalue weighted by Crippen LogP contribution is 2.20. The molecule has 0 heterocycles. The molecule has 0 radical (unpaired) electrons. The maximum Gasteiger partial charge on any atom is 0.227 e. The largest absolute Gasteiger partial charge is 0.493 e. The predicted molar refractivity (Wildman–Crippen MR) is 90.6 cm³/mol. The number of amides is 2. The van der Waals surface area contributed by atoms with E-state index in [4.69, 9.17) is 4.74 Å². The van der Waals surface area contributed by atoms with Crippen molar-refractivity contribution < 1.29 is 18.7 Å². The molecule has 0 spiro atoms. The van der Waals surface area contributed by atoms with Crippen molar-refractivity contribution in [2.24, 2.45) is 0 Å². The van der Waals surface area contributed by atoms with Crippen LogP contribution in [-0.4, -0.2) is 18.4 Å². The summed E-state index contributed by atoms with van der Waals surface area (Å²) in [7, 11) is 0. The van der Waals surface area contributed by atoms with Gasteiger partial charge in [0, 0.05) is 18.3 Å². The summed E-state index contributed by atoms with van der Waals surface area (Å²) in [6.07, 6.45) is 0.171. The standard InChI is InChI=1S/C18H19FN2O3/c1-12-11-15(5-8-17(12)20-13(2)22)21-18(23)9-10-24-16-6-3-14(19)4-7-16/h3-8,11H,9-10H2,1-2H3,(H,20,22)(H,21,23). The van der Waals surface area contributed by atoms with Gasteiger partial charge in [-0.05, 0) is 55.0 Å². The van der Waals surface area contributed by atoms with E-state index in [0.29, 0.717) is 17.1 Å². The number of ether oxygens (including phenoxy) is 1. The van der Waals surface area contributed by atoms with E-state index in [2.05, 4.69) is 10.6 Å². The summed E-state index contributed by atoms with van der Waals surface area (Å²) in [5, 5.41) is 5.48. The third-order valence-corrected chi connectivity index (χ3v) is 3.23. The minimum absolute atomic E-state index is 0.146. The summed E-state index contributed by atoms with van der Waals surface area (Å²) in [4.78, 5) is 23.0. The lowest BCUT2D eigenvalue weighted by Crippen LogP contribution is -2.15. The van der Waals surface area contributed by atoms with Crippen molar-refractivity contribution in [3.8, 4) is 5.75 Å². The molecule has 126 valence electrons. The molecule has 24 heavy (non-hydrogen) atoms. The number of benzene rings is 2. The Morgan fingerprint density at radius 2 is 1.79 bits per heavy atom. The molecule has 2 rings (SSSR count). The van der Waals surface area contributed by atoms with Gasteiger partial charge in [0.2, 0.25) is 11.8 Å². The molecule has 2 N–H and O–H groups in total. The highest BCUT2D eigenvalue weighted by atomic mass is 19.1. The average Bonchev–Trinajstić information content (AvgIpc) is 2.51. The second kappa shape index (κ2) is 8.10. The number of hydrogen-bond donors (Lipinski definition) is 2. The van der Waals surface area contributed by atoms with Crippen LogP contribution in [-0.2, 0) is 9.59 Å². The van der Waals surface area contributed by atoms with E-state index in [-0.39, 0.29) is 30.7 Å². The summed E-state index contributed by atoms with van der Waals surface area (Å²) in [6.45, 7) is 3.48. The van der Waals surface area contributed by atoms with Gasteiger partial charge in [-0.1, -0.05) is 0 Å². The SMILES string of the molecule is CC(=O)Nc1ccc(NC(=O)CCOc2ccc(F)cc2)cc1C. The monoisotopic (exact) mass is 330 g/mol. The van der Waals surface area contributed by atoms with Gasteiger partial charge in [0.1, 0.15) is 11.6 Å². The van der Waals surface area contributed by atoms with Gasteiger partial charge < -0.3 is 15.4 Å². The molecule has 0 fully saturated rings. The Hall–Kier alpha value is -2.89. The van der Waals surface area contributed by atoms with Gasteiger partial charge in [-0.2, -0.15) is 0 Å². The number of anilines is 2. The lowest BCUT2D eigenvalue weighted by atomic mass is 10.1. The highest BCUT2D eigenvalue weighted by Gasteiger charge is 2.06. The predicted octanol–water partition coefficient (Wildman–Crippen LogP) is 3.50. The number of hydrogen-bond acceptors (Lipinski definition) is 3. The van der Waals surface area contributed by atoms with E-state index < -0.39 is 0 Å². The second-order valence-electron chi connectivity index (χ2n) is 5.31. The molecular weight excluding hydrogens is 311 g/mol. The molecule has 0 aliphatic rings. The Labute approximate surface area is 139 Å². The normalized spacial score (nSPS) is 10.1. The zero-order valence-electron chi connectivity index (χ0n) is 13.6. The molecule has 0 aliphatic heterocycles. The average molecular weight is 330 g/mol. The van der Waals surface area contributed by atoms with Crippen molar-refractivity contribution in [2.45, 2.75) is 20.3 Å². The van der Waals surface area contributed by atoms with E-state index in [0.717, 1.165) is 5.56 Å². The minimum atomic E-state index is -0.335. The summed E-state index contributed by atoms with van der Waals surface area (Å²) in [5.74, 6) is -0.158. The fraction of sp³-hybridized carbons (Fsp3) is 0.222. The van der Waals surface area contributed by atoms with Crippen LogP contribution in [0.15, 0.2) is 42.5 Å². The van der Waals surface area contributed by atoms with E-state index in [1.807, 2.05) is 6.92 Å². The zero-order valence-corrected chi connectivity index (χ0v) is 13.6. The first-order valence-corrected chi connectivity index (χ1v) is 7.50. The molecule has 0 saturated carbocycles. The minimum Gasteiger partial charge on any atom is -0.493 e. The topological polar surface area (TPSA) is 67.4 Å². The van der Waals surface area contributed by atoms with Gasteiger partial charge in [0.05, 0.1) is 13.0 Å². The first kappa shape index (κ1) is 17.5. The first-order chi connectivity index (χ1) is 11.4. The molecule has 2 aromatic carbocycles. The number of aryl methyl sites for hydroxylation is 1. The Morgan fingerprint density at radius 3 is 2.42 bits per heavy atom. The highest BCUT2D eigenvalue weighted by molar-refractivity contribution is 5.93. The number of carbonyl (C=O) groups is 2. The van der Waals surface area contributed by atoms with Gasteiger partial charge in [0.25, 0.3) is 0 Å². The van der Waals surface area contributed by atoms with E-state index >= 15 is 0 Å². The van der Waals surface area contributed by atoms with Crippen LogP contribution >= 0.6 is 0 Å². The van der Waals surface area contributed by atoms with E-state index in [1.165, 1.54) is 31.2 Å². The van der Waals surface area contributed by atoms with E-state index in [1.54, 1.807) is 18.2 Å². The molecule has 0 saturated heterocycles. The van der Waals surface area contributed by atoms with Crippen molar-refractivity contribution in [3.63, 3.8) is 0 Å². The number of nitrogens with one attached hydrogen (secondary N) is 2. The summed E-state index contributed by atoms with van der Waals surface area (Å²) in [5.41, 5.74) is 2.21. The molecule has 0 atom stereocenters. The van der Waals surface area contributed by atoms with Gasteiger partial charge in [-0.3, -0.25) is 9.59 Å². The lowest BCUT2D eigenvalue weighted by molar-refractivity contribution is -0.116. The molecule has 0 aromatic heterocycles. The Balaban J connectivity index is 1.82. The molecular formula is C18H19FN2O3. The van der Waals surface area contributed by atoms with Crippen LogP contribution in [0.1, 0.15) is 18.9 Å². The van der Waals surface area contributed by atoms with Crippen LogP contribution in [0.3, 0.4) is 0 Å². The summed E-state index contributed by atoms with van der Waals surface area (Å²) in [6, 6.07) is 10.9. The fourth-order valence-corrected chi connectivity index (χ4v) is 2.09. The van der Waals surface area contributed by atoms with Crippen LogP contribution in [0, 0.1) is 12.7 Å². The third kappa shape index (κ3) is 5.39. The molecule has 5 nitrogen and oxygen atoms in total. The fourth-order valence-electron chi connectivity index (χ4n) is 2.09. The van der Waals surface area contributed by atoms with Crippen molar-refractivity contribution in [1.29, 1.82) is 0 Å². The molecule has 0 aliphatic carbocycles. The van der Waals surface area contributed by atoms with Gasteiger partial charge in [-0.15, -0.1) is 0 Å². The van der Waals surface area contributed by atoms with Crippen LogP contribution < -0.4 is 15.4 Å². The smallest absolute Gasteiger partial charge is 0.227 e. The Bertz CT molecular complexity index is 730. The van der Waals surface area contributed by atoms with Crippen LogP contribution in [0.25, 0.3) is 0 Å². The van der Waals surface area contributed by atoms with Crippen molar-refractivity contribution in [2.75, 3.05) is 17.2 Å². The van der Waals surface area contributed by atoms with Gasteiger partial charge in [-0.25, -0.2) is 4.39 Å². The zero-order chi connectivity index (χ0) is 17.5. The second-order valence-corrected chi connectivity index (χ2v) is 5.31. The maximum atomic E-state index is 12.8. The Morgan fingerprint density at radius 1 is 1.08 bits per heavy atom. The van der Waals surface area contributed by atoms with Crippen LogP contribution in [0.5, 0.6) is 5.75 Å².